The van der Waals surface area contributed by atoms with Crippen molar-refractivity contribution in [3.05, 3.63) is 29.2 Å². The van der Waals surface area contributed by atoms with Gasteiger partial charge in [0.05, 0.1) is 5.55 Å². The Hall–Kier alpha value is -2.60. The number of aromatic nitrogens is 2. The van der Waals surface area contributed by atoms with Gasteiger partial charge >= 0.3 is 5.97 Å². The van der Waals surface area contributed by atoms with Gasteiger partial charge in [0.1, 0.15) is 29.9 Å². The van der Waals surface area contributed by atoms with Crippen LogP contribution in [0.5, 0.6) is 0 Å². The van der Waals surface area contributed by atoms with Gasteiger partial charge in [-0.3, -0.25) is 19.5 Å². The number of thioether (sulfide) groups is 1. The van der Waals surface area contributed by atoms with Gasteiger partial charge in [0.25, 0.3) is 11.8 Å². The SMILES string of the molecule is Nc1nc(C(=NOC2C=CCC2)C(=O)NC2C(=O)N3C(C(=O)O)=C(CSN4CN=CS4)CS[C@@H]23)ns1. The standard InChI is InChI=1S/C19H20N8O5S4/c20-19-23-14(25-36-19)11(24-32-10-3-1-2-4-10)15(28)22-12-16(29)27-13(18(30)31)9(5-33-17(12)27)6-34-26-7-21-8-35-26/h1,3,8,10,12,17H,2,4-7H2,(H,22,28)(H,30,31)(H2,20,23,25)/t10?,12?,17-/m0/s1. The number of aliphatic carboxylic acids is 1. The minimum Gasteiger partial charge on any atom is -0.477 e. The summed E-state index contributed by atoms with van der Waals surface area (Å²) in [6.07, 6.45) is 5.11. The fourth-order valence-corrected chi connectivity index (χ4v) is 7.26. The smallest absolute Gasteiger partial charge is 0.352 e. The van der Waals surface area contributed by atoms with Crippen LogP contribution in [-0.2, 0) is 19.2 Å². The molecule has 1 saturated heterocycles. The van der Waals surface area contributed by atoms with E-state index in [9.17, 15) is 19.5 Å². The number of β-lactam (4-membered cyclic amide) rings is 1. The number of fused-ring (bicyclic) bond motifs is 1. The largest absolute Gasteiger partial charge is 0.477 e. The Morgan fingerprint density at radius 2 is 2.28 bits per heavy atom. The van der Waals surface area contributed by atoms with Crippen LogP contribution in [0.4, 0.5) is 5.13 Å². The summed E-state index contributed by atoms with van der Waals surface area (Å²) in [5, 5.41) is 16.1. The fourth-order valence-electron chi connectivity index (χ4n) is 3.77. The number of hydrogen-bond donors (Lipinski definition) is 3. The van der Waals surface area contributed by atoms with Gasteiger partial charge in [-0.2, -0.15) is 13.1 Å². The molecular formula is C19H20N8O5S4. The number of carboxylic acid groups (broad SMARTS) is 1. The molecule has 2 unspecified atom stereocenters. The average Bonchev–Trinajstić information content (AvgIpc) is 3.64. The summed E-state index contributed by atoms with van der Waals surface area (Å²) >= 11 is 5.18. The molecule has 190 valence electrons. The molecule has 0 saturated carbocycles. The van der Waals surface area contributed by atoms with E-state index in [1.165, 1.54) is 40.6 Å². The number of oxime groups is 1. The van der Waals surface area contributed by atoms with Crippen LogP contribution in [0.2, 0.25) is 0 Å². The van der Waals surface area contributed by atoms with Gasteiger partial charge in [-0.05, 0) is 36.4 Å². The zero-order valence-electron chi connectivity index (χ0n) is 18.5. The molecule has 0 bridgehead atoms. The van der Waals surface area contributed by atoms with Gasteiger partial charge in [-0.25, -0.2) is 4.79 Å². The molecule has 4 aliphatic rings. The van der Waals surface area contributed by atoms with Crippen molar-refractivity contribution in [3.8, 4) is 0 Å². The molecule has 1 fully saturated rings. The number of nitrogens with zero attached hydrogens (tertiary/aromatic N) is 6. The topological polar surface area (TPSA) is 176 Å². The number of carbonyl (C=O) groups excluding carboxylic acids is 2. The van der Waals surface area contributed by atoms with Crippen LogP contribution >= 0.6 is 47.2 Å². The second-order valence-corrected chi connectivity index (χ2v) is 11.8. The lowest BCUT2D eigenvalue weighted by Crippen LogP contribution is -2.71. The molecule has 0 aromatic carbocycles. The van der Waals surface area contributed by atoms with Crippen molar-refractivity contribution in [2.45, 2.75) is 30.4 Å². The number of nitrogens with two attached hydrogens (primary N) is 1. The van der Waals surface area contributed by atoms with E-state index in [-0.39, 0.29) is 28.5 Å². The van der Waals surface area contributed by atoms with Crippen LogP contribution in [0.3, 0.4) is 0 Å². The molecular weight excluding hydrogens is 549 g/mol. The number of allylic oxidation sites excluding steroid dienone is 1. The van der Waals surface area contributed by atoms with Crippen LogP contribution in [0.25, 0.3) is 0 Å². The summed E-state index contributed by atoms with van der Waals surface area (Å²) in [6.45, 7) is 0.516. The first-order valence-electron chi connectivity index (χ1n) is 10.7. The van der Waals surface area contributed by atoms with Crippen molar-refractivity contribution in [1.29, 1.82) is 0 Å². The van der Waals surface area contributed by atoms with Gasteiger partial charge in [0, 0.05) is 23.0 Å². The summed E-state index contributed by atoms with van der Waals surface area (Å²) in [5.74, 6) is -1.57. The number of aliphatic imine (C=N–C) groups is 1. The van der Waals surface area contributed by atoms with Crippen molar-refractivity contribution >= 4 is 81.4 Å². The van der Waals surface area contributed by atoms with E-state index in [2.05, 4.69) is 24.8 Å². The number of anilines is 1. The molecule has 1 aromatic rings. The van der Waals surface area contributed by atoms with Crippen molar-refractivity contribution < 1.29 is 24.3 Å². The Morgan fingerprint density at radius 1 is 1.42 bits per heavy atom. The summed E-state index contributed by atoms with van der Waals surface area (Å²) in [5.41, 5.74) is 7.80. The highest BCUT2D eigenvalue weighted by atomic mass is 32.2. The molecule has 2 amide bonds. The number of nitrogen functional groups attached to an aromatic ring is 1. The lowest BCUT2D eigenvalue weighted by molar-refractivity contribution is -0.150. The molecule has 17 heteroatoms. The maximum Gasteiger partial charge on any atom is 0.352 e. The first-order valence-corrected chi connectivity index (χ1v) is 14.3. The predicted molar refractivity (Wildman–Crippen MR) is 139 cm³/mol. The molecule has 0 radical (unpaired) electrons. The monoisotopic (exact) mass is 568 g/mol. The molecule has 4 N–H and O–H groups in total. The Labute approximate surface area is 222 Å². The van der Waals surface area contributed by atoms with Gasteiger partial charge < -0.3 is 21.0 Å². The Bertz CT molecular complexity index is 1190. The Kier molecular flexibility index (Phi) is 7.52. The number of carboxylic acids is 1. The third-order valence-electron chi connectivity index (χ3n) is 5.47. The van der Waals surface area contributed by atoms with Crippen LogP contribution in [0.15, 0.2) is 33.6 Å². The van der Waals surface area contributed by atoms with E-state index >= 15 is 0 Å². The molecule has 1 aliphatic carbocycles. The Balaban J connectivity index is 1.29. The van der Waals surface area contributed by atoms with Crippen LogP contribution in [0, 0.1) is 0 Å². The molecule has 13 nitrogen and oxygen atoms in total. The lowest BCUT2D eigenvalue weighted by atomic mass is 10.0. The third-order valence-corrected chi connectivity index (χ3v) is 9.40. The first kappa shape index (κ1) is 25.1. The molecule has 5 rings (SSSR count). The molecule has 0 spiro atoms. The molecule has 4 heterocycles. The number of hydrogen-bond acceptors (Lipinski definition) is 14. The highest BCUT2D eigenvalue weighted by Gasteiger charge is 2.54. The van der Waals surface area contributed by atoms with Crippen LogP contribution in [0.1, 0.15) is 18.7 Å². The van der Waals surface area contributed by atoms with E-state index in [4.69, 9.17) is 10.6 Å². The maximum atomic E-state index is 13.1. The van der Waals surface area contributed by atoms with Crippen LogP contribution in [-0.4, -0.2) is 87.8 Å². The molecule has 36 heavy (non-hydrogen) atoms. The van der Waals surface area contributed by atoms with Crippen molar-refractivity contribution in [1.82, 2.24) is 23.3 Å². The second-order valence-electron chi connectivity index (χ2n) is 7.80. The summed E-state index contributed by atoms with van der Waals surface area (Å²) in [7, 11) is 0. The quantitative estimate of drug-likeness (QED) is 0.126. The number of rotatable bonds is 9. The molecule has 3 atom stereocenters. The van der Waals surface area contributed by atoms with Crippen molar-refractivity contribution in [3.63, 3.8) is 0 Å². The zero-order valence-corrected chi connectivity index (χ0v) is 21.7. The third kappa shape index (κ3) is 5.10. The summed E-state index contributed by atoms with van der Waals surface area (Å²) < 4.78 is 5.97. The molecule has 1 aromatic heterocycles. The van der Waals surface area contributed by atoms with Crippen LogP contribution < -0.4 is 11.1 Å². The van der Waals surface area contributed by atoms with Crippen molar-refractivity contribution in [2.24, 2.45) is 10.1 Å². The highest BCUT2D eigenvalue weighted by molar-refractivity contribution is 8.19. The lowest BCUT2D eigenvalue weighted by Gasteiger charge is -2.49. The van der Waals surface area contributed by atoms with E-state index in [1.54, 1.807) is 5.55 Å². The van der Waals surface area contributed by atoms with Gasteiger partial charge in [-0.15, -0.1) is 11.8 Å². The first-order chi connectivity index (χ1) is 17.4. The average molecular weight is 569 g/mol. The van der Waals surface area contributed by atoms with Gasteiger partial charge in [0.2, 0.25) is 11.5 Å². The number of amides is 2. The van der Waals surface area contributed by atoms with E-state index in [0.29, 0.717) is 23.7 Å². The minimum absolute atomic E-state index is 0.00824. The minimum atomic E-state index is -1.18. The predicted octanol–water partition coefficient (Wildman–Crippen LogP) is 0.896. The normalized spacial score (nSPS) is 25.8. The molecule has 3 aliphatic heterocycles. The fraction of sp³-hybridized carbons (Fsp3) is 0.421. The second kappa shape index (κ2) is 10.8. The summed E-state index contributed by atoms with van der Waals surface area (Å²) in [6, 6.07) is -0.929. The van der Waals surface area contributed by atoms with E-state index < -0.39 is 29.2 Å². The van der Waals surface area contributed by atoms with E-state index in [1.807, 2.05) is 15.9 Å². The summed E-state index contributed by atoms with van der Waals surface area (Å²) in [4.78, 5) is 53.0. The Morgan fingerprint density at radius 3 is 2.94 bits per heavy atom. The maximum absolute atomic E-state index is 13.1. The zero-order chi connectivity index (χ0) is 25.2. The number of nitrogens with one attached hydrogen (secondary N) is 1. The van der Waals surface area contributed by atoms with Gasteiger partial charge in [0.15, 0.2) is 5.13 Å². The van der Waals surface area contributed by atoms with Gasteiger partial charge in [-0.1, -0.05) is 23.2 Å². The van der Waals surface area contributed by atoms with E-state index in [0.717, 1.165) is 24.4 Å². The highest BCUT2D eigenvalue weighted by Crippen LogP contribution is 2.41. The van der Waals surface area contributed by atoms with Crippen molar-refractivity contribution in [2.75, 3.05) is 23.9 Å². The number of carbonyl (C=O) groups is 3.